The zero-order valence-electron chi connectivity index (χ0n) is 10.4. The summed E-state index contributed by atoms with van der Waals surface area (Å²) < 4.78 is 0. The molecule has 6 nitrogen and oxygen atoms in total. The van der Waals surface area contributed by atoms with Gasteiger partial charge in [-0.25, -0.2) is 0 Å². The fourth-order valence-corrected chi connectivity index (χ4v) is 0.773. The Morgan fingerprint density at radius 2 is 1.94 bits per heavy atom. The fraction of sp³-hybridized carbons (Fsp3) is 0.545. The molecular weight excluding hydrogens is 222 g/mol. The van der Waals surface area contributed by atoms with Crippen molar-refractivity contribution >= 4 is 11.9 Å². The van der Waals surface area contributed by atoms with Crippen molar-refractivity contribution in [3.8, 4) is 6.07 Å². The minimum Gasteiger partial charge on any atom is -0.480 e. The van der Waals surface area contributed by atoms with Crippen molar-refractivity contribution in [3.63, 3.8) is 0 Å². The molecule has 3 N–H and O–H groups in total. The summed E-state index contributed by atoms with van der Waals surface area (Å²) in [5, 5.41) is 22.5. The lowest BCUT2D eigenvalue weighted by Crippen LogP contribution is -2.40. The molecule has 0 rings (SSSR count). The maximum absolute atomic E-state index is 11.5. The number of nitrogens with one attached hydrogen (secondary N) is 2. The van der Waals surface area contributed by atoms with Crippen LogP contribution < -0.4 is 10.6 Å². The average molecular weight is 239 g/mol. The number of nitriles is 1. The minimum atomic E-state index is -1.15. The molecule has 1 atom stereocenters. The minimum absolute atomic E-state index is 0.159. The summed E-state index contributed by atoms with van der Waals surface area (Å²) in [6, 6.07) is 0.679. The van der Waals surface area contributed by atoms with Gasteiger partial charge in [0.15, 0.2) is 0 Å². The molecule has 0 saturated heterocycles. The van der Waals surface area contributed by atoms with E-state index in [4.69, 9.17) is 10.4 Å². The topological polar surface area (TPSA) is 102 Å². The first-order chi connectivity index (χ1) is 7.67. The number of carboxylic acids is 1. The molecule has 0 bridgehead atoms. The predicted molar refractivity (Wildman–Crippen MR) is 61.8 cm³/mol. The molecule has 0 heterocycles. The third kappa shape index (κ3) is 6.20. The fourth-order valence-electron chi connectivity index (χ4n) is 0.773. The van der Waals surface area contributed by atoms with Crippen molar-refractivity contribution in [2.24, 2.45) is 0 Å². The van der Waals surface area contributed by atoms with Crippen LogP contribution in [0, 0.1) is 11.3 Å². The number of amides is 1. The lowest BCUT2D eigenvalue weighted by atomic mass is 10.1. The Bertz CT molecular complexity index is 374. The van der Waals surface area contributed by atoms with Gasteiger partial charge >= 0.3 is 5.97 Å². The molecule has 0 aromatic carbocycles. The Morgan fingerprint density at radius 3 is 2.29 bits per heavy atom. The lowest BCUT2D eigenvalue weighted by molar-refractivity contribution is -0.140. The maximum Gasteiger partial charge on any atom is 0.325 e. The first-order valence-corrected chi connectivity index (χ1v) is 5.09. The van der Waals surface area contributed by atoms with Crippen molar-refractivity contribution < 1.29 is 14.7 Å². The van der Waals surface area contributed by atoms with Gasteiger partial charge in [0.1, 0.15) is 17.7 Å². The smallest absolute Gasteiger partial charge is 0.325 e. The molecule has 17 heavy (non-hydrogen) atoms. The zero-order chi connectivity index (χ0) is 13.6. The number of nitrogens with zero attached hydrogens (tertiary/aromatic N) is 1. The van der Waals surface area contributed by atoms with Crippen LogP contribution in [-0.2, 0) is 9.59 Å². The largest absolute Gasteiger partial charge is 0.480 e. The van der Waals surface area contributed by atoms with Crippen LogP contribution in [0.4, 0.5) is 0 Å². The van der Waals surface area contributed by atoms with Crippen LogP contribution in [0.15, 0.2) is 11.8 Å². The highest BCUT2D eigenvalue weighted by Crippen LogP contribution is 2.00. The first kappa shape index (κ1) is 15.0. The summed E-state index contributed by atoms with van der Waals surface area (Å²) in [5.41, 5.74) is -0.436. The Balaban J connectivity index is 4.64. The number of hydrogen-bond donors (Lipinski definition) is 3. The number of hydrogen-bond acceptors (Lipinski definition) is 4. The van der Waals surface area contributed by atoms with E-state index in [0.717, 1.165) is 0 Å². The number of carboxylic acid groups (broad SMARTS) is 1. The van der Waals surface area contributed by atoms with E-state index in [1.807, 2.05) is 20.8 Å². The van der Waals surface area contributed by atoms with Crippen molar-refractivity contribution in [1.82, 2.24) is 10.6 Å². The molecular formula is C11H17N3O3. The summed E-state index contributed by atoms with van der Waals surface area (Å²) in [4.78, 5) is 22.0. The number of carbonyl (C=O) groups is 2. The molecule has 0 aromatic rings. The monoisotopic (exact) mass is 239 g/mol. The van der Waals surface area contributed by atoms with Crippen LogP contribution in [0.1, 0.15) is 27.7 Å². The second-order valence-electron chi connectivity index (χ2n) is 4.60. The van der Waals surface area contributed by atoms with Gasteiger partial charge in [-0.1, -0.05) is 0 Å². The average Bonchev–Trinajstić information content (AvgIpc) is 2.16. The molecule has 0 aliphatic rings. The number of aliphatic carboxylic acids is 1. The molecule has 0 aliphatic carbocycles. The van der Waals surface area contributed by atoms with Gasteiger partial charge in [0.25, 0.3) is 5.91 Å². The normalized spacial score (nSPS) is 13.5. The lowest BCUT2D eigenvalue weighted by Gasteiger charge is -2.19. The van der Waals surface area contributed by atoms with Crippen LogP contribution in [-0.4, -0.2) is 28.6 Å². The van der Waals surface area contributed by atoms with E-state index in [1.54, 1.807) is 6.07 Å². The highest BCUT2D eigenvalue weighted by Gasteiger charge is 2.17. The molecule has 94 valence electrons. The molecule has 1 unspecified atom stereocenters. The van der Waals surface area contributed by atoms with Crippen molar-refractivity contribution in [3.05, 3.63) is 11.8 Å². The van der Waals surface area contributed by atoms with E-state index in [2.05, 4.69) is 10.6 Å². The second kappa shape index (κ2) is 5.89. The highest BCUT2D eigenvalue weighted by atomic mass is 16.4. The quantitative estimate of drug-likeness (QED) is 0.486. The molecule has 0 aromatic heterocycles. The summed E-state index contributed by atoms with van der Waals surface area (Å²) in [7, 11) is 0. The van der Waals surface area contributed by atoms with Gasteiger partial charge in [-0.05, 0) is 27.7 Å². The summed E-state index contributed by atoms with van der Waals surface area (Å²) in [6.45, 7) is 6.94. The van der Waals surface area contributed by atoms with Gasteiger partial charge in [0, 0.05) is 11.7 Å². The third-order valence-corrected chi connectivity index (χ3v) is 1.73. The van der Waals surface area contributed by atoms with Crippen molar-refractivity contribution in [1.29, 1.82) is 5.26 Å². The van der Waals surface area contributed by atoms with Gasteiger partial charge in [-0.15, -0.1) is 0 Å². The zero-order valence-corrected chi connectivity index (χ0v) is 10.4. The van der Waals surface area contributed by atoms with Crippen LogP contribution in [0.3, 0.4) is 0 Å². The van der Waals surface area contributed by atoms with E-state index >= 15 is 0 Å². The van der Waals surface area contributed by atoms with Gasteiger partial charge in [-0.3, -0.25) is 9.59 Å². The van der Waals surface area contributed by atoms with Crippen LogP contribution in [0.2, 0.25) is 0 Å². The standard InChI is InChI=1S/C11H17N3O3/c1-7(10(16)17)14-9(15)8(5-12)6-13-11(2,3)4/h6-7,13H,1-4H3,(H,14,15)(H,16,17)/b8-6-. The molecule has 1 amide bonds. The van der Waals surface area contributed by atoms with E-state index < -0.39 is 17.9 Å². The first-order valence-electron chi connectivity index (χ1n) is 5.09. The Labute approximate surface area is 100 Å². The van der Waals surface area contributed by atoms with Gasteiger partial charge in [0.2, 0.25) is 0 Å². The molecule has 0 fully saturated rings. The van der Waals surface area contributed by atoms with E-state index in [-0.39, 0.29) is 11.1 Å². The molecule has 0 saturated carbocycles. The summed E-state index contributed by atoms with van der Waals surface area (Å²) >= 11 is 0. The van der Waals surface area contributed by atoms with E-state index in [1.165, 1.54) is 13.1 Å². The SMILES string of the molecule is CC(NC(=O)/C(C#N)=C\NC(C)(C)C)C(=O)O. The highest BCUT2D eigenvalue weighted by molar-refractivity contribution is 5.99. The number of rotatable bonds is 4. The maximum atomic E-state index is 11.5. The van der Waals surface area contributed by atoms with Crippen molar-refractivity contribution in [2.75, 3.05) is 0 Å². The van der Waals surface area contributed by atoms with E-state index in [9.17, 15) is 9.59 Å². The van der Waals surface area contributed by atoms with E-state index in [0.29, 0.717) is 0 Å². The second-order valence-corrected chi connectivity index (χ2v) is 4.60. The van der Waals surface area contributed by atoms with Gasteiger partial charge in [0.05, 0.1) is 0 Å². The Morgan fingerprint density at radius 1 is 1.41 bits per heavy atom. The predicted octanol–water partition coefficient (Wildman–Crippen LogP) is 0.371. The van der Waals surface area contributed by atoms with Crippen LogP contribution in [0.25, 0.3) is 0 Å². The Kier molecular flexibility index (Phi) is 5.19. The third-order valence-electron chi connectivity index (χ3n) is 1.73. The van der Waals surface area contributed by atoms with Gasteiger partial charge in [-0.2, -0.15) is 5.26 Å². The molecule has 0 spiro atoms. The molecule has 6 heteroatoms. The Hall–Kier alpha value is -2.03. The summed E-state index contributed by atoms with van der Waals surface area (Å²) in [5.74, 6) is -1.86. The molecule has 0 aliphatic heterocycles. The van der Waals surface area contributed by atoms with Gasteiger partial charge < -0.3 is 15.7 Å². The van der Waals surface area contributed by atoms with Crippen molar-refractivity contribution in [2.45, 2.75) is 39.3 Å². The molecule has 0 radical (unpaired) electrons. The van der Waals surface area contributed by atoms with Crippen LogP contribution in [0.5, 0.6) is 0 Å². The number of carbonyl (C=O) groups excluding carboxylic acids is 1. The van der Waals surface area contributed by atoms with Crippen LogP contribution >= 0.6 is 0 Å². The summed E-state index contributed by atoms with van der Waals surface area (Å²) in [6.07, 6.45) is 1.28.